The summed E-state index contributed by atoms with van der Waals surface area (Å²) in [6.45, 7) is 2.16. The molecule has 162 valence electrons. The predicted octanol–water partition coefficient (Wildman–Crippen LogP) is 7.20. The van der Waals surface area contributed by atoms with E-state index in [1.807, 2.05) is 18.2 Å². The van der Waals surface area contributed by atoms with Gasteiger partial charge in [-0.05, 0) is 70.6 Å². The molecule has 33 heavy (non-hydrogen) atoms. The molecule has 4 heteroatoms. The van der Waals surface area contributed by atoms with Crippen LogP contribution in [0.25, 0.3) is 22.3 Å². The summed E-state index contributed by atoms with van der Waals surface area (Å²) < 4.78 is 19.4. The van der Waals surface area contributed by atoms with Gasteiger partial charge >= 0.3 is 5.97 Å². The highest BCUT2D eigenvalue weighted by atomic mass is 19.1. The van der Waals surface area contributed by atoms with Gasteiger partial charge in [0.1, 0.15) is 17.6 Å². The fourth-order valence-electron chi connectivity index (χ4n) is 3.62. The molecule has 0 unspecified atom stereocenters. The maximum atomic E-state index is 13.9. The average molecular weight is 435 g/mol. The molecule has 0 heterocycles. The molecular weight excluding hydrogens is 413 g/mol. The molecule has 0 spiro atoms. The minimum atomic E-state index is -0.564. The van der Waals surface area contributed by atoms with Gasteiger partial charge in [0.25, 0.3) is 0 Å². The average Bonchev–Trinajstić information content (AvgIpc) is 2.85. The smallest absolute Gasteiger partial charge is 0.343 e. The van der Waals surface area contributed by atoms with E-state index in [0.717, 1.165) is 29.5 Å². The van der Waals surface area contributed by atoms with Gasteiger partial charge in [0.15, 0.2) is 0 Å². The van der Waals surface area contributed by atoms with Gasteiger partial charge < -0.3 is 4.74 Å². The van der Waals surface area contributed by atoms with Crippen molar-refractivity contribution < 1.29 is 13.9 Å². The van der Waals surface area contributed by atoms with E-state index in [2.05, 4.69) is 31.2 Å². The molecule has 0 aromatic heterocycles. The number of hydrogen-bond donors (Lipinski definition) is 0. The summed E-state index contributed by atoms with van der Waals surface area (Å²) in [5.74, 6) is -0.615. The van der Waals surface area contributed by atoms with E-state index in [1.54, 1.807) is 42.5 Å². The van der Waals surface area contributed by atoms with Gasteiger partial charge in [-0.2, -0.15) is 5.26 Å². The van der Waals surface area contributed by atoms with Crippen LogP contribution in [-0.4, -0.2) is 5.97 Å². The minimum Gasteiger partial charge on any atom is -0.423 e. The zero-order chi connectivity index (χ0) is 23.2. The highest BCUT2D eigenvalue weighted by molar-refractivity contribution is 5.91. The monoisotopic (exact) mass is 435 g/mol. The van der Waals surface area contributed by atoms with Crippen LogP contribution in [0.2, 0.25) is 0 Å². The Morgan fingerprint density at radius 3 is 1.94 bits per heavy atom. The lowest BCUT2D eigenvalue weighted by molar-refractivity contribution is 0.0735. The number of nitriles is 1. The number of benzene rings is 4. The minimum absolute atomic E-state index is 0.00354. The van der Waals surface area contributed by atoms with Gasteiger partial charge in [0.05, 0.1) is 11.1 Å². The topological polar surface area (TPSA) is 50.1 Å². The maximum absolute atomic E-state index is 13.9. The number of nitrogens with zero attached hydrogens (tertiary/aromatic N) is 1. The largest absolute Gasteiger partial charge is 0.423 e. The van der Waals surface area contributed by atoms with Crippen LogP contribution in [0.3, 0.4) is 0 Å². The lowest BCUT2D eigenvalue weighted by Gasteiger charge is -2.08. The van der Waals surface area contributed by atoms with Crippen molar-refractivity contribution in [3.63, 3.8) is 0 Å². The quantitative estimate of drug-likeness (QED) is 0.238. The SMILES string of the molecule is CCCc1ccc(-c2ccc(C(=O)Oc3ccc(-c4ccc(C#N)c(F)c4)cc3)cc2)cc1. The Labute approximate surface area is 192 Å². The summed E-state index contributed by atoms with van der Waals surface area (Å²) in [5, 5.41) is 8.86. The molecule has 0 saturated heterocycles. The molecular formula is C29H22FNO2. The molecule has 4 aromatic carbocycles. The Hall–Kier alpha value is -4.23. The first-order chi connectivity index (χ1) is 16.1. The first-order valence-corrected chi connectivity index (χ1v) is 10.8. The van der Waals surface area contributed by atoms with Crippen molar-refractivity contribution in [3.8, 4) is 34.1 Å². The van der Waals surface area contributed by atoms with Gasteiger partial charge in [0.2, 0.25) is 0 Å². The van der Waals surface area contributed by atoms with Crippen molar-refractivity contribution in [3.05, 3.63) is 114 Å². The molecule has 0 radical (unpaired) electrons. The van der Waals surface area contributed by atoms with Crippen molar-refractivity contribution in [1.29, 1.82) is 5.26 Å². The first-order valence-electron chi connectivity index (χ1n) is 10.8. The molecule has 0 atom stereocenters. The summed E-state index contributed by atoms with van der Waals surface area (Å²) in [5.41, 5.74) is 5.31. The Balaban J connectivity index is 1.43. The van der Waals surface area contributed by atoms with Crippen molar-refractivity contribution >= 4 is 5.97 Å². The summed E-state index contributed by atoms with van der Waals surface area (Å²) in [4.78, 5) is 12.5. The Morgan fingerprint density at radius 1 is 0.818 bits per heavy atom. The van der Waals surface area contributed by atoms with Crippen LogP contribution >= 0.6 is 0 Å². The third-order valence-electron chi connectivity index (χ3n) is 5.43. The number of carbonyl (C=O) groups excluding carboxylic acids is 1. The second kappa shape index (κ2) is 9.93. The van der Waals surface area contributed by atoms with Crippen molar-refractivity contribution in [2.45, 2.75) is 19.8 Å². The molecule has 0 saturated carbocycles. The van der Waals surface area contributed by atoms with Crippen LogP contribution in [-0.2, 0) is 6.42 Å². The standard InChI is InChI=1S/C29H22FNO2/c1-2-3-20-4-6-21(7-5-20)22-8-10-24(11-9-22)29(32)33-27-16-14-23(15-17-27)25-12-13-26(19-31)28(30)18-25/h4-18H,2-3H2,1H3. The van der Waals surface area contributed by atoms with Crippen LogP contribution in [0.5, 0.6) is 5.75 Å². The highest BCUT2D eigenvalue weighted by Gasteiger charge is 2.10. The third-order valence-corrected chi connectivity index (χ3v) is 5.43. The molecule has 0 N–H and O–H groups in total. The second-order valence-electron chi connectivity index (χ2n) is 7.74. The lowest BCUT2D eigenvalue weighted by Crippen LogP contribution is -2.08. The lowest BCUT2D eigenvalue weighted by atomic mass is 10.0. The van der Waals surface area contributed by atoms with Crippen molar-refractivity contribution in [1.82, 2.24) is 0 Å². The van der Waals surface area contributed by atoms with Gasteiger partial charge in [-0.25, -0.2) is 9.18 Å². The van der Waals surface area contributed by atoms with Crippen molar-refractivity contribution in [2.75, 3.05) is 0 Å². The molecule has 0 bridgehead atoms. The second-order valence-corrected chi connectivity index (χ2v) is 7.74. The van der Waals surface area contributed by atoms with E-state index in [1.165, 1.54) is 17.7 Å². The van der Waals surface area contributed by atoms with Gasteiger partial charge in [0, 0.05) is 0 Å². The van der Waals surface area contributed by atoms with Crippen LogP contribution in [0, 0.1) is 17.1 Å². The molecule has 4 aromatic rings. The number of halogens is 1. The Bertz CT molecular complexity index is 1300. The van der Waals surface area contributed by atoms with Crippen LogP contribution in [0.4, 0.5) is 4.39 Å². The molecule has 0 aliphatic rings. The summed E-state index contributed by atoms with van der Waals surface area (Å²) in [7, 11) is 0. The number of carbonyl (C=O) groups is 1. The predicted molar refractivity (Wildman–Crippen MR) is 127 cm³/mol. The number of esters is 1. The van der Waals surface area contributed by atoms with E-state index in [-0.39, 0.29) is 5.56 Å². The van der Waals surface area contributed by atoms with Crippen LogP contribution in [0.1, 0.15) is 34.8 Å². The van der Waals surface area contributed by atoms with Crippen LogP contribution in [0.15, 0.2) is 91.0 Å². The Morgan fingerprint density at radius 2 is 1.36 bits per heavy atom. The summed E-state index contributed by atoms with van der Waals surface area (Å²) >= 11 is 0. The zero-order valence-electron chi connectivity index (χ0n) is 18.2. The van der Waals surface area contributed by atoms with E-state index in [9.17, 15) is 9.18 Å². The fraction of sp³-hybridized carbons (Fsp3) is 0.103. The van der Waals surface area contributed by atoms with E-state index in [0.29, 0.717) is 16.9 Å². The van der Waals surface area contributed by atoms with Crippen molar-refractivity contribution in [2.24, 2.45) is 0 Å². The van der Waals surface area contributed by atoms with E-state index in [4.69, 9.17) is 10.00 Å². The third kappa shape index (κ3) is 5.16. The number of hydrogen-bond acceptors (Lipinski definition) is 3. The van der Waals surface area contributed by atoms with E-state index >= 15 is 0 Å². The molecule has 0 amide bonds. The molecule has 4 rings (SSSR count). The maximum Gasteiger partial charge on any atom is 0.343 e. The Kier molecular flexibility index (Phi) is 6.61. The van der Waals surface area contributed by atoms with Crippen LogP contribution < -0.4 is 4.74 Å². The summed E-state index contributed by atoms with van der Waals surface area (Å²) in [6, 6.07) is 28.9. The first kappa shape index (κ1) is 22.0. The molecule has 0 aliphatic carbocycles. The van der Waals surface area contributed by atoms with E-state index < -0.39 is 11.8 Å². The summed E-state index contributed by atoms with van der Waals surface area (Å²) in [6.07, 6.45) is 2.18. The van der Waals surface area contributed by atoms with Gasteiger partial charge in [-0.3, -0.25) is 0 Å². The number of ether oxygens (including phenoxy) is 1. The normalized spacial score (nSPS) is 10.5. The molecule has 0 fully saturated rings. The fourth-order valence-corrected chi connectivity index (χ4v) is 3.62. The zero-order valence-corrected chi connectivity index (χ0v) is 18.2. The van der Waals surface area contributed by atoms with Gasteiger partial charge in [-0.1, -0.05) is 67.9 Å². The molecule has 0 aliphatic heterocycles. The molecule has 3 nitrogen and oxygen atoms in total. The number of aryl methyl sites for hydroxylation is 1. The number of rotatable bonds is 6. The van der Waals surface area contributed by atoms with Gasteiger partial charge in [-0.15, -0.1) is 0 Å². The highest BCUT2D eigenvalue weighted by Crippen LogP contribution is 2.25.